The summed E-state index contributed by atoms with van der Waals surface area (Å²) >= 11 is 0. The Morgan fingerprint density at radius 1 is 1.00 bits per heavy atom. The number of rotatable bonds is 4. The molecule has 110 valence electrons. The zero-order valence-electron chi connectivity index (χ0n) is 12.7. The molecular weight excluding hydrogens is 232 g/mol. The predicted octanol–water partition coefficient (Wildman–Crippen LogP) is 3.56. The molecule has 2 nitrogen and oxygen atoms in total. The van der Waals surface area contributed by atoms with Gasteiger partial charge in [0.25, 0.3) is 0 Å². The van der Waals surface area contributed by atoms with Crippen LogP contribution in [0.25, 0.3) is 0 Å². The van der Waals surface area contributed by atoms with Crippen molar-refractivity contribution in [1.82, 2.24) is 10.2 Å². The van der Waals surface area contributed by atoms with Crippen molar-refractivity contribution in [1.29, 1.82) is 0 Å². The topological polar surface area (TPSA) is 15.3 Å². The average molecular weight is 264 g/mol. The quantitative estimate of drug-likeness (QED) is 0.835. The fraction of sp³-hybridized carbons (Fsp3) is 1.00. The van der Waals surface area contributed by atoms with Crippen LogP contribution in [-0.2, 0) is 0 Å². The van der Waals surface area contributed by atoms with Gasteiger partial charge in [-0.1, -0.05) is 26.2 Å². The highest BCUT2D eigenvalue weighted by atomic mass is 15.2. The highest BCUT2D eigenvalue weighted by molar-refractivity contribution is 4.95. The zero-order chi connectivity index (χ0) is 13.1. The molecule has 0 bridgehead atoms. The minimum Gasteiger partial charge on any atom is -0.314 e. The maximum absolute atomic E-state index is 3.77. The van der Waals surface area contributed by atoms with Gasteiger partial charge in [0.05, 0.1) is 0 Å². The molecule has 0 aromatic heterocycles. The molecule has 2 saturated carbocycles. The largest absolute Gasteiger partial charge is 0.314 e. The van der Waals surface area contributed by atoms with Crippen LogP contribution in [0, 0.1) is 5.92 Å². The first-order valence-corrected chi connectivity index (χ1v) is 8.87. The van der Waals surface area contributed by atoms with Crippen molar-refractivity contribution in [2.24, 2.45) is 5.92 Å². The second-order valence-electron chi connectivity index (χ2n) is 7.11. The first-order valence-electron chi connectivity index (χ1n) is 8.87. The van der Waals surface area contributed by atoms with Gasteiger partial charge in [0, 0.05) is 18.1 Å². The highest BCUT2D eigenvalue weighted by Crippen LogP contribution is 2.39. The molecule has 0 amide bonds. The lowest BCUT2D eigenvalue weighted by molar-refractivity contribution is 0.0964. The van der Waals surface area contributed by atoms with Crippen LogP contribution < -0.4 is 5.32 Å². The molecule has 1 aliphatic heterocycles. The molecule has 1 saturated heterocycles. The molecule has 3 fully saturated rings. The van der Waals surface area contributed by atoms with Crippen molar-refractivity contribution in [2.45, 2.75) is 89.3 Å². The molecule has 1 N–H and O–H groups in total. The average Bonchev–Trinajstić information content (AvgIpc) is 2.89. The number of nitrogens with one attached hydrogen (secondary N) is 1. The lowest BCUT2D eigenvalue weighted by atomic mass is 9.83. The second-order valence-corrected chi connectivity index (χ2v) is 7.11. The molecule has 0 aromatic rings. The van der Waals surface area contributed by atoms with E-state index < -0.39 is 0 Å². The zero-order valence-corrected chi connectivity index (χ0v) is 12.7. The second kappa shape index (κ2) is 6.58. The van der Waals surface area contributed by atoms with E-state index in [1.807, 2.05) is 0 Å². The van der Waals surface area contributed by atoms with Gasteiger partial charge in [-0.15, -0.1) is 0 Å². The summed E-state index contributed by atoms with van der Waals surface area (Å²) in [4.78, 5) is 2.93. The molecule has 3 rings (SSSR count). The molecule has 19 heavy (non-hydrogen) atoms. The Morgan fingerprint density at radius 3 is 2.79 bits per heavy atom. The predicted molar refractivity (Wildman–Crippen MR) is 81.4 cm³/mol. The molecule has 4 unspecified atom stereocenters. The number of fused-ring (bicyclic) bond motifs is 1. The first kappa shape index (κ1) is 13.9. The third-order valence-corrected chi connectivity index (χ3v) is 5.85. The third-order valence-electron chi connectivity index (χ3n) is 5.85. The third kappa shape index (κ3) is 3.16. The number of hydrogen-bond donors (Lipinski definition) is 1. The van der Waals surface area contributed by atoms with E-state index in [0.29, 0.717) is 0 Å². The van der Waals surface area contributed by atoms with E-state index in [9.17, 15) is 0 Å². The summed E-state index contributed by atoms with van der Waals surface area (Å²) in [5, 5.41) is 3.77. The SMILES string of the molecule is CCCNC1CCCC(N2CCC3CCCCC32)C1. The van der Waals surface area contributed by atoms with Crippen molar-refractivity contribution >= 4 is 0 Å². The molecular formula is C17H32N2. The van der Waals surface area contributed by atoms with Crippen molar-refractivity contribution < 1.29 is 0 Å². The lowest BCUT2D eigenvalue weighted by Crippen LogP contribution is -2.47. The summed E-state index contributed by atoms with van der Waals surface area (Å²) in [7, 11) is 0. The lowest BCUT2D eigenvalue weighted by Gasteiger charge is -2.41. The van der Waals surface area contributed by atoms with Gasteiger partial charge in [-0.05, 0) is 64.0 Å². The summed E-state index contributed by atoms with van der Waals surface area (Å²) in [5.74, 6) is 1.05. The Balaban J connectivity index is 1.56. The Labute approximate surface area is 119 Å². The number of hydrogen-bond acceptors (Lipinski definition) is 2. The molecule has 1 heterocycles. The summed E-state index contributed by atoms with van der Waals surface area (Å²) in [6.07, 6.45) is 14.5. The van der Waals surface area contributed by atoms with Crippen LogP contribution in [-0.4, -0.2) is 36.1 Å². The van der Waals surface area contributed by atoms with Crippen LogP contribution in [0.15, 0.2) is 0 Å². The van der Waals surface area contributed by atoms with E-state index in [1.165, 1.54) is 77.3 Å². The standard InChI is InChI=1S/C17H32N2/c1-2-11-18-15-7-5-8-16(13-15)19-12-10-14-6-3-4-9-17(14)19/h14-18H,2-13H2,1H3. The molecule has 3 aliphatic rings. The van der Waals surface area contributed by atoms with Crippen molar-refractivity contribution in [3.8, 4) is 0 Å². The van der Waals surface area contributed by atoms with Crippen molar-refractivity contribution in [2.75, 3.05) is 13.1 Å². The van der Waals surface area contributed by atoms with Crippen LogP contribution in [0.2, 0.25) is 0 Å². The van der Waals surface area contributed by atoms with Gasteiger partial charge in [0.1, 0.15) is 0 Å². The van der Waals surface area contributed by atoms with Gasteiger partial charge in [0.2, 0.25) is 0 Å². The van der Waals surface area contributed by atoms with Crippen LogP contribution in [0.5, 0.6) is 0 Å². The van der Waals surface area contributed by atoms with Crippen molar-refractivity contribution in [3.63, 3.8) is 0 Å². The Kier molecular flexibility index (Phi) is 4.81. The minimum absolute atomic E-state index is 0.807. The van der Waals surface area contributed by atoms with E-state index in [0.717, 1.165) is 24.0 Å². The van der Waals surface area contributed by atoms with Crippen LogP contribution in [0.1, 0.15) is 71.1 Å². The van der Waals surface area contributed by atoms with E-state index in [4.69, 9.17) is 0 Å². The Hall–Kier alpha value is -0.0800. The summed E-state index contributed by atoms with van der Waals surface area (Å²) < 4.78 is 0. The van der Waals surface area contributed by atoms with Crippen LogP contribution in [0.3, 0.4) is 0 Å². The van der Waals surface area contributed by atoms with E-state index in [2.05, 4.69) is 17.1 Å². The maximum Gasteiger partial charge on any atom is 0.0127 e. The first-order chi connectivity index (χ1) is 9.38. The van der Waals surface area contributed by atoms with Gasteiger partial charge in [-0.2, -0.15) is 0 Å². The highest BCUT2D eigenvalue weighted by Gasteiger charge is 2.40. The molecule has 2 heteroatoms. The molecule has 0 spiro atoms. The molecule has 0 radical (unpaired) electrons. The minimum atomic E-state index is 0.807. The fourth-order valence-electron chi connectivity index (χ4n) is 4.89. The van der Waals surface area contributed by atoms with Gasteiger partial charge < -0.3 is 5.32 Å². The van der Waals surface area contributed by atoms with Gasteiger partial charge in [0.15, 0.2) is 0 Å². The van der Waals surface area contributed by atoms with Gasteiger partial charge in [-0.3, -0.25) is 4.90 Å². The normalized spacial score (nSPS) is 40.3. The molecule has 2 aliphatic carbocycles. The fourth-order valence-corrected chi connectivity index (χ4v) is 4.89. The van der Waals surface area contributed by atoms with E-state index >= 15 is 0 Å². The smallest absolute Gasteiger partial charge is 0.0127 e. The van der Waals surface area contributed by atoms with Gasteiger partial charge >= 0.3 is 0 Å². The summed E-state index contributed by atoms with van der Waals surface area (Å²) in [6, 6.07) is 2.67. The van der Waals surface area contributed by atoms with Crippen LogP contribution in [0.4, 0.5) is 0 Å². The van der Waals surface area contributed by atoms with E-state index in [1.54, 1.807) is 0 Å². The summed E-state index contributed by atoms with van der Waals surface area (Å²) in [5.41, 5.74) is 0. The molecule has 4 atom stereocenters. The number of likely N-dealkylation sites (tertiary alicyclic amines) is 1. The Morgan fingerprint density at radius 2 is 1.89 bits per heavy atom. The van der Waals surface area contributed by atoms with Crippen LogP contribution >= 0.6 is 0 Å². The summed E-state index contributed by atoms with van der Waals surface area (Å²) in [6.45, 7) is 4.89. The van der Waals surface area contributed by atoms with E-state index in [-0.39, 0.29) is 0 Å². The Bertz CT molecular complexity index is 278. The molecule has 0 aromatic carbocycles. The van der Waals surface area contributed by atoms with Crippen molar-refractivity contribution in [3.05, 3.63) is 0 Å². The maximum atomic E-state index is 3.77. The number of nitrogens with zero attached hydrogens (tertiary/aromatic N) is 1. The van der Waals surface area contributed by atoms with Gasteiger partial charge in [-0.25, -0.2) is 0 Å². The monoisotopic (exact) mass is 264 g/mol.